The molecule has 0 heterocycles. The molecule has 1 aromatic carbocycles. The van der Waals surface area contributed by atoms with Crippen LogP contribution >= 0.6 is 0 Å². The van der Waals surface area contributed by atoms with E-state index in [0.717, 1.165) is 24.0 Å². The van der Waals surface area contributed by atoms with Crippen molar-refractivity contribution in [2.45, 2.75) is 72.3 Å². The molecule has 150 valence electrons. The molecular formula is C25H38O2. The second kappa shape index (κ2) is 9.71. The number of rotatable bonds is 9. The summed E-state index contributed by atoms with van der Waals surface area (Å²) in [5.41, 5.74) is 3.36. The van der Waals surface area contributed by atoms with Gasteiger partial charge in [-0.3, -0.25) is 0 Å². The monoisotopic (exact) mass is 370 g/mol. The van der Waals surface area contributed by atoms with E-state index in [9.17, 15) is 10.2 Å². The van der Waals surface area contributed by atoms with Gasteiger partial charge >= 0.3 is 0 Å². The molecule has 2 N–H and O–H groups in total. The van der Waals surface area contributed by atoms with Crippen molar-refractivity contribution < 1.29 is 10.2 Å². The van der Waals surface area contributed by atoms with E-state index in [1.54, 1.807) is 0 Å². The summed E-state index contributed by atoms with van der Waals surface area (Å²) in [5.74, 6) is 0.556. The summed E-state index contributed by atoms with van der Waals surface area (Å²) in [7, 11) is 0. The first-order valence-electron chi connectivity index (χ1n) is 10.7. The lowest BCUT2D eigenvalue weighted by Crippen LogP contribution is -2.47. The van der Waals surface area contributed by atoms with Gasteiger partial charge in [0.1, 0.15) is 5.60 Å². The van der Waals surface area contributed by atoms with Crippen LogP contribution in [0.1, 0.15) is 72.3 Å². The van der Waals surface area contributed by atoms with Gasteiger partial charge in [-0.2, -0.15) is 0 Å². The molecule has 0 bridgehead atoms. The second-order valence-electron chi connectivity index (χ2n) is 8.66. The SMILES string of the molecule is CCCCCCC1=C(c2ccccc2)C(O)(CO)C(C(C)C)C=C1C(C)C. The quantitative estimate of drug-likeness (QED) is 0.523. The molecular weight excluding hydrogens is 332 g/mol. The summed E-state index contributed by atoms with van der Waals surface area (Å²) in [5, 5.41) is 22.1. The molecule has 2 nitrogen and oxygen atoms in total. The van der Waals surface area contributed by atoms with Gasteiger partial charge in [0.25, 0.3) is 0 Å². The van der Waals surface area contributed by atoms with E-state index in [2.05, 4.69) is 52.8 Å². The van der Waals surface area contributed by atoms with Crippen LogP contribution in [0.2, 0.25) is 0 Å². The minimum atomic E-state index is -1.23. The molecule has 0 saturated heterocycles. The van der Waals surface area contributed by atoms with Gasteiger partial charge < -0.3 is 10.2 Å². The first-order chi connectivity index (χ1) is 12.9. The molecule has 0 radical (unpaired) electrons. The van der Waals surface area contributed by atoms with E-state index in [-0.39, 0.29) is 18.4 Å². The molecule has 1 aliphatic carbocycles. The highest BCUT2D eigenvalue weighted by atomic mass is 16.3. The minimum absolute atomic E-state index is 0.0884. The molecule has 0 saturated carbocycles. The highest BCUT2D eigenvalue weighted by molar-refractivity contribution is 5.80. The first kappa shape index (κ1) is 21.9. The molecule has 0 aliphatic heterocycles. The zero-order chi connectivity index (χ0) is 20.0. The molecule has 2 heteroatoms. The summed E-state index contributed by atoms with van der Waals surface area (Å²) >= 11 is 0. The minimum Gasteiger partial charge on any atom is -0.393 e. The van der Waals surface area contributed by atoms with Crippen LogP contribution in [0, 0.1) is 17.8 Å². The number of benzene rings is 1. The van der Waals surface area contributed by atoms with E-state index in [0.29, 0.717) is 5.92 Å². The largest absolute Gasteiger partial charge is 0.393 e. The van der Waals surface area contributed by atoms with Crippen LogP contribution in [-0.4, -0.2) is 22.4 Å². The molecule has 2 rings (SSSR count). The van der Waals surface area contributed by atoms with E-state index in [1.165, 1.54) is 30.4 Å². The average molecular weight is 371 g/mol. The second-order valence-corrected chi connectivity index (χ2v) is 8.66. The van der Waals surface area contributed by atoms with E-state index >= 15 is 0 Å². The lowest BCUT2D eigenvalue weighted by atomic mass is 9.65. The summed E-state index contributed by atoms with van der Waals surface area (Å²) in [6.07, 6.45) is 8.01. The normalized spacial score (nSPS) is 23.3. The molecule has 0 fully saturated rings. The lowest BCUT2D eigenvalue weighted by molar-refractivity contribution is -0.0135. The third kappa shape index (κ3) is 4.73. The number of unbranched alkanes of at least 4 members (excludes halogenated alkanes) is 3. The van der Waals surface area contributed by atoms with Crippen LogP contribution in [0.4, 0.5) is 0 Å². The lowest BCUT2D eigenvalue weighted by Gasteiger charge is -2.44. The van der Waals surface area contributed by atoms with Gasteiger partial charge in [0.05, 0.1) is 6.61 Å². The Hall–Kier alpha value is -1.38. The van der Waals surface area contributed by atoms with Gasteiger partial charge in [0.2, 0.25) is 0 Å². The Bertz CT molecular complexity index is 654. The van der Waals surface area contributed by atoms with Gasteiger partial charge in [-0.05, 0) is 47.0 Å². The maximum absolute atomic E-state index is 11.7. The average Bonchev–Trinajstić information content (AvgIpc) is 2.65. The molecule has 0 spiro atoms. The number of hydrogen-bond donors (Lipinski definition) is 2. The van der Waals surface area contributed by atoms with Gasteiger partial charge in [0.15, 0.2) is 0 Å². The van der Waals surface area contributed by atoms with Crippen LogP contribution in [0.25, 0.3) is 5.57 Å². The summed E-state index contributed by atoms with van der Waals surface area (Å²) < 4.78 is 0. The van der Waals surface area contributed by atoms with Crippen molar-refractivity contribution in [3.8, 4) is 0 Å². The molecule has 1 aliphatic rings. The standard InChI is InChI=1S/C25H38O2/c1-6-7-8-12-15-21-22(18(2)3)16-23(19(4)5)25(27,17-26)24(21)20-13-10-9-11-14-20/h9-11,13-14,16,18-19,23,26-27H,6-8,12,15,17H2,1-5H3. The Labute approximate surface area is 166 Å². The number of aliphatic hydroxyl groups is 2. The Balaban J connectivity index is 2.64. The van der Waals surface area contributed by atoms with Gasteiger partial charge in [-0.25, -0.2) is 0 Å². The van der Waals surface area contributed by atoms with Gasteiger partial charge in [-0.15, -0.1) is 0 Å². The topological polar surface area (TPSA) is 40.5 Å². The van der Waals surface area contributed by atoms with Gasteiger partial charge in [0, 0.05) is 5.92 Å². The number of hydrogen-bond acceptors (Lipinski definition) is 2. The molecule has 27 heavy (non-hydrogen) atoms. The fourth-order valence-electron chi connectivity index (χ4n) is 4.50. The first-order valence-corrected chi connectivity index (χ1v) is 10.7. The zero-order valence-electron chi connectivity index (χ0n) is 17.8. The van der Waals surface area contributed by atoms with Crippen molar-refractivity contribution in [3.63, 3.8) is 0 Å². The van der Waals surface area contributed by atoms with Crippen LogP contribution in [0.15, 0.2) is 47.6 Å². The molecule has 2 unspecified atom stereocenters. The smallest absolute Gasteiger partial charge is 0.120 e. The van der Waals surface area contributed by atoms with Crippen molar-refractivity contribution in [1.29, 1.82) is 0 Å². The summed E-state index contributed by atoms with van der Waals surface area (Å²) in [4.78, 5) is 0. The Morgan fingerprint density at radius 1 is 1.00 bits per heavy atom. The molecule has 1 aromatic rings. The van der Waals surface area contributed by atoms with Crippen molar-refractivity contribution >= 4 is 5.57 Å². The highest BCUT2D eigenvalue weighted by Gasteiger charge is 2.45. The van der Waals surface area contributed by atoms with Gasteiger partial charge in [-0.1, -0.05) is 90.3 Å². The van der Waals surface area contributed by atoms with Crippen LogP contribution in [0.3, 0.4) is 0 Å². The maximum atomic E-state index is 11.7. The number of aliphatic hydroxyl groups excluding tert-OH is 1. The predicted octanol–water partition coefficient (Wildman–Crippen LogP) is 6.00. The van der Waals surface area contributed by atoms with Crippen molar-refractivity contribution in [2.24, 2.45) is 17.8 Å². The fourth-order valence-corrected chi connectivity index (χ4v) is 4.50. The van der Waals surface area contributed by atoms with E-state index < -0.39 is 5.60 Å². The molecule has 0 aromatic heterocycles. The van der Waals surface area contributed by atoms with Crippen molar-refractivity contribution in [3.05, 3.63) is 53.1 Å². The third-order valence-corrected chi connectivity index (χ3v) is 5.92. The van der Waals surface area contributed by atoms with Crippen LogP contribution in [0.5, 0.6) is 0 Å². The van der Waals surface area contributed by atoms with Crippen molar-refractivity contribution in [1.82, 2.24) is 0 Å². The Morgan fingerprint density at radius 3 is 2.19 bits per heavy atom. The van der Waals surface area contributed by atoms with Crippen LogP contribution < -0.4 is 0 Å². The summed E-state index contributed by atoms with van der Waals surface area (Å²) in [6.45, 7) is 10.7. The molecule has 2 atom stereocenters. The van der Waals surface area contributed by atoms with E-state index in [1.807, 2.05) is 18.2 Å². The Kier molecular flexibility index (Phi) is 7.88. The van der Waals surface area contributed by atoms with E-state index in [4.69, 9.17) is 0 Å². The highest BCUT2D eigenvalue weighted by Crippen LogP contribution is 2.48. The molecule has 0 amide bonds. The van der Waals surface area contributed by atoms with Crippen molar-refractivity contribution in [2.75, 3.05) is 6.61 Å². The fraction of sp³-hybridized carbons (Fsp3) is 0.600. The summed E-state index contributed by atoms with van der Waals surface area (Å²) in [6, 6.07) is 10.2. The van der Waals surface area contributed by atoms with Crippen LogP contribution in [-0.2, 0) is 0 Å². The zero-order valence-corrected chi connectivity index (χ0v) is 17.8. The number of allylic oxidation sites excluding steroid dienone is 2. The predicted molar refractivity (Wildman–Crippen MR) is 115 cm³/mol. The maximum Gasteiger partial charge on any atom is 0.120 e. The third-order valence-electron chi connectivity index (χ3n) is 5.92. The Morgan fingerprint density at radius 2 is 1.67 bits per heavy atom.